The van der Waals surface area contributed by atoms with Crippen LogP contribution in [0.4, 0.5) is 5.69 Å². The van der Waals surface area contributed by atoms with E-state index in [-0.39, 0.29) is 11.7 Å². The summed E-state index contributed by atoms with van der Waals surface area (Å²) < 4.78 is 5.52. The highest BCUT2D eigenvalue weighted by Crippen LogP contribution is 2.37. The average Bonchev–Trinajstić information content (AvgIpc) is 3.35. The molecule has 44 heavy (non-hydrogen) atoms. The van der Waals surface area contributed by atoms with Gasteiger partial charge in [-0.25, -0.2) is 4.98 Å². The molecule has 1 amide bonds. The number of ketones is 1. The minimum Gasteiger partial charge on any atom is -0.381 e. The number of carbonyl (C=O) groups excluding carboxylic acids is 2. The molecular formula is C38H33N3O3. The van der Waals surface area contributed by atoms with Crippen molar-refractivity contribution < 1.29 is 14.3 Å². The molecule has 0 atom stereocenters. The Morgan fingerprint density at radius 3 is 2.43 bits per heavy atom. The van der Waals surface area contributed by atoms with Gasteiger partial charge in [-0.3, -0.25) is 14.5 Å². The monoisotopic (exact) mass is 579 g/mol. The molecule has 2 aliphatic rings. The third kappa shape index (κ3) is 5.46. The maximum atomic E-state index is 13.5. The molecule has 6 nitrogen and oxygen atoms in total. The first-order valence-electron chi connectivity index (χ1n) is 15.1. The van der Waals surface area contributed by atoms with Gasteiger partial charge in [0.15, 0.2) is 0 Å². The zero-order chi connectivity index (χ0) is 30.0. The second kappa shape index (κ2) is 12.0. The molecule has 6 heteroatoms. The van der Waals surface area contributed by atoms with Crippen LogP contribution in [0.15, 0.2) is 109 Å². The Hall–Kier alpha value is -4.91. The summed E-state index contributed by atoms with van der Waals surface area (Å²) in [5, 5.41) is 4.73. The molecule has 7 rings (SSSR count). The molecule has 0 unspecified atom stereocenters. The Bertz CT molecular complexity index is 1910. The molecule has 1 N–H and O–H groups in total. The lowest BCUT2D eigenvalue weighted by Gasteiger charge is -2.23. The summed E-state index contributed by atoms with van der Waals surface area (Å²) in [6.45, 7) is 3.84. The number of Topliss-reactive ketones (excluding diaryl/α,β-unsaturated/α-hetero) is 1. The predicted octanol–water partition coefficient (Wildman–Crippen LogP) is 7.43. The summed E-state index contributed by atoms with van der Waals surface area (Å²) in [4.78, 5) is 32.7. The Morgan fingerprint density at radius 1 is 0.864 bits per heavy atom. The molecule has 218 valence electrons. The van der Waals surface area contributed by atoms with Gasteiger partial charge in [-0.2, -0.15) is 0 Å². The van der Waals surface area contributed by atoms with Gasteiger partial charge in [0.05, 0.1) is 22.6 Å². The average molecular weight is 580 g/mol. The number of benzene rings is 4. The van der Waals surface area contributed by atoms with Crippen LogP contribution >= 0.6 is 0 Å². The predicted molar refractivity (Wildman–Crippen MR) is 175 cm³/mol. The first-order valence-corrected chi connectivity index (χ1v) is 15.1. The van der Waals surface area contributed by atoms with Crippen molar-refractivity contribution in [3.05, 3.63) is 126 Å². The van der Waals surface area contributed by atoms with Crippen LogP contribution in [0.1, 0.15) is 41.4 Å². The quantitative estimate of drug-likeness (QED) is 0.212. The van der Waals surface area contributed by atoms with Crippen molar-refractivity contribution in [2.45, 2.75) is 32.4 Å². The molecule has 5 aromatic rings. The highest BCUT2D eigenvalue weighted by atomic mass is 16.5. The summed E-state index contributed by atoms with van der Waals surface area (Å²) in [7, 11) is 0. The summed E-state index contributed by atoms with van der Waals surface area (Å²) >= 11 is 0. The fraction of sp³-hybridized carbons (Fsp3) is 0.184. The van der Waals surface area contributed by atoms with Gasteiger partial charge in [-0.15, -0.1) is 0 Å². The smallest absolute Gasteiger partial charge is 0.228 e. The molecule has 0 radical (unpaired) electrons. The SMILES string of the molecule is CC(=O)N1/C(=C/c2cc(-c3cccc(-c4ccccc4)c3)c3cc(CNC4CCOCC4)ccc3n2)C(=O)c2ccccc21. The highest BCUT2D eigenvalue weighted by Gasteiger charge is 2.34. The number of carbonyl (C=O) groups is 2. The van der Waals surface area contributed by atoms with Gasteiger partial charge in [-0.1, -0.05) is 66.7 Å². The van der Waals surface area contributed by atoms with Gasteiger partial charge in [0.2, 0.25) is 11.7 Å². The number of hydrogen-bond donors (Lipinski definition) is 1. The summed E-state index contributed by atoms with van der Waals surface area (Å²) in [5.74, 6) is -0.396. The molecule has 1 aromatic heterocycles. The van der Waals surface area contributed by atoms with Crippen LogP contribution in [-0.2, 0) is 16.1 Å². The molecule has 0 saturated carbocycles. The molecule has 4 aromatic carbocycles. The number of rotatable bonds is 6. The first kappa shape index (κ1) is 27.9. The van der Waals surface area contributed by atoms with Crippen molar-refractivity contribution >= 4 is 34.4 Å². The largest absolute Gasteiger partial charge is 0.381 e. The summed E-state index contributed by atoms with van der Waals surface area (Å²) in [5.41, 5.74) is 8.40. The van der Waals surface area contributed by atoms with E-state index in [0.29, 0.717) is 28.7 Å². The number of pyridine rings is 1. The van der Waals surface area contributed by atoms with E-state index >= 15 is 0 Å². The van der Waals surface area contributed by atoms with E-state index in [9.17, 15) is 9.59 Å². The van der Waals surface area contributed by atoms with Crippen molar-refractivity contribution in [2.75, 3.05) is 18.1 Å². The van der Waals surface area contributed by atoms with Gasteiger partial charge in [0.25, 0.3) is 0 Å². The van der Waals surface area contributed by atoms with Crippen LogP contribution in [-0.4, -0.2) is 35.9 Å². The van der Waals surface area contributed by atoms with Crippen molar-refractivity contribution in [3.8, 4) is 22.3 Å². The molecule has 0 aliphatic carbocycles. The number of amides is 1. The van der Waals surface area contributed by atoms with Crippen LogP contribution < -0.4 is 10.2 Å². The minimum atomic E-state index is -0.215. The number of hydrogen-bond acceptors (Lipinski definition) is 5. The molecule has 2 aliphatic heterocycles. The fourth-order valence-corrected chi connectivity index (χ4v) is 6.22. The lowest BCUT2D eigenvalue weighted by Crippen LogP contribution is -2.34. The maximum Gasteiger partial charge on any atom is 0.228 e. The molecule has 0 spiro atoms. The number of nitrogens with one attached hydrogen (secondary N) is 1. The lowest BCUT2D eigenvalue weighted by atomic mass is 9.95. The zero-order valence-electron chi connectivity index (χ0n) is 24.6. The van der Waals surface area contributed by atoms with E-state index in [0.717, 1.165) is 65.8 Å². The Kier molecular flexibility index (Phi) is 7.61. The Balaban J connectivity index is 1.34. The van der Waals surface area contributed by atoms with Crippen molar-refractivity contribution in [1.29, 1.82) is 0 Å². The van der Waals surface area contributed by atoms with Gasteiger partial charge < -0.3 is 10.1 Å². The van der Waals surface area contributed by atoms with Crippen molar-refractivity contribution in [3.63, 3.8) is 0 Å². The van der Waals surface area contributed by atoms with E-state index in [1.165, 1.54) is 17.4 Å². The normalized spacial score (nSPS) is 16.1. The van der Waals surface area contributed by atoms with Gasteiger partial charge in [0, 0.05) is 43.7 Å². The summed E-state index contributed by atoms with van der Waals surface area (Å²) in [6.07, 6.45) is 3.78. The molecule has 1 fully saturated rings. The molecular weight excluding hydrogens is 546 g/mol. The van der Waals surface area contributed by atoms with Crippen LogP contribution in [0.25, 0.3) is 39.2 Å². The zero-order valence-corrected chi connectivity index (χ0v) is 24.6. The first-order chi connectivity index (χ1) is 21.5. The van der Waals surface area contributed by atoms with E-state index in [1.54, 1.807) is 18.2 Å². The number of fused-ring (bicyclic) bond motifs is 2. The van der Waals surface area contributed by atoms with E-state index < -0.39 is 0 Å². The number of nitrogens with zero attached hydrogens (tertiary/aromatic N) is 2. The van der Waals surface area contributed by atoms with Gasteiger partial charge >= 0.3 is 0 Å². The standard InChI is InChI=1S/C38H33N3O3/c1-25(42)41-36-13-6-5-12-32(36)38(43)37(41)23-31-22-33(29-11-7-10-28(21-29)27-8-3-2-4-9-27)34-20-26(14-15-35(34)40-31)24-39-30-16-18-44-19-17-30/h2-15,20-23,30,39H,16-19,24H2,1H3/b37-23+. The number of anilines is 1. The summed E-state index contributed by atoms with van der Waals surface area (Å²) in [6, 6.07) is 34.9. The Morgan fingerprint density at radius 2 is 1.61 bits per heavy atom. The number of aromatic nitrogens is 1. The van der Waals surface area contributed by atoms with Gasteiger partial charge in [0.1, 0.15) is 0 Å². The second-order valence-electron chi connectivity index (χ2n) is 11.4. The van der Waals surface area contributed by atoms with Crippen LogP contribution in [0, 0.1) is 0 Å². The minimum absolute atomic E-state index is 0.181. The van der Waals surface area contributed by atoms with Crippen molar-refractivity contribution in [2.24, 2.45) is 0 Å². The van der Waals surface area contributed by atoms with E-state index in [2.05, 4.69) is 59.9 Å². The number of allylic oxidation sites excluding steroid dienone is 1. The highest BCUT2D eigenvalue weighted by molar-refractivity contribution is 6.26. The van der Waals surface area contributed by atoms with Crippen LogP contribution in [0.5, 0.6) is 0 Å². The lowest BCUT2D eigenvalue weighted by molar-refractivity contribution is -0.116. The van der Waals surface area contributed by atoms with E-state index in [4.69, 9.17) is 9.72 Å². The topological polar surface area (TPSA) is 71.5 Å². The third-order valence-electron chi connectivity index (χ3n) is 8.45. The second-order valence-corrected chi connectivity index (χ2v) is 11.4. The Labute approximate surface area is 257 Å². The van der Waals surface area contributed by atoms with Gasteiger partial charge in [-0.05, 0) is 83.1 Å². The maximum absolute atomic E-state index is 13.5. The number of ether oxygens (including phenoxy) is 1. The molecule has 1 saturated heterocycles. The fourth-order valence-electron chi connectivity index (χ4n) is 6.22. The molecule has 3 heterocycles. The third-order valence-corrected chi connectivity index (χ3v) is 8.45. The van der Waals surface area contributed by atoms with Crippen LogP contribution in [0.2, 0.25) is 0 Å². The van der Waals surface area contributed by atoms with E-state index in [1.807, 2.05) is 36.4 Å². The van der Waals surface area contributed by atoms with Crippen LogP contribution in [0.3, 0.4) is 0 Å². The number of para-hydroxylation sites is 1. The van der Waals surface area contributed by atoms with Crippen molar-refractivity contribution in [1.82, 2.24) is 10.3 Å². The molecule has 0 bridgehead atoms.